The molecule has 1 atom stereocenters. The molecule has 2 heterocycles. The number of nitrogen functional groups attached to an aromatic ring is 1. The zero-order chi connectivity index (χ0) is 21.4. The van der Waals surface area contributed by atoms with Gasteiger partial charge in [-0.3, -0.25) is 4.79 Å². The number of hydrogen-bond acceptors (Lipinski definition) is 3. The van der Waals surface area contributed by atoms with Crippen molar-refractivity contribution in [3.05, 3.63) is 78.5 Å². The maximum atomic E-state index is 13.5. The molecule has 0 aliphatic carbocycles. The first-order valence-electron chi connectivity index (χ1n) is 10.8. The van der Waals surface area contributed by atoms with Crippen LogP contribution in [0.4, 0.5) is 17.1 Å². The van der Waals surface area contributed by atoms with Gasteiger partial charge < -0.3 is 20.9 Å². The molecule has 0 bridgehead atoms. The summed E-state index contributed by atoms with van der Waals surface area (Å²) in [6.07, 6.45) is 3.85. The molecule has 5 heteroatoms. The van der Waals surface area contributed by atoms with E-state index in [9.17, 15) is 4.79 Å². The minimum absolute atomic E-state index is 0.0228. The zero-order valence-electron chi connectivity index (χ0n) is 17.6. The largest absolute Gasteiger partial charge is 0.398 e. The quantitative estimate of drug-likeness (QED) is 0.382. The van der Waals surface area contributed by atoms with Crippen molar-refractivity contribution in [1.82, 2.24) is 4.98 Å². The molecule has 1 aromatic heterocycles. The van der Waals surface area contributed by atoms with Crippen LogP contribution in [0.1, 0.15) is 30.1 Å². The lowest BCUT2D eigenvalue weighted by molar-refractivity contribution is 0.0987. The lowest BCUT2D eigenvalue weighted by Crippen LogP contribution is -2.32. The summed E-state index contributed by atoms with van der Waals surface area (Å²) in [5.41, 5.74) is 12.6. The topological polar surface area (TPSA) is 74.2 Å². The molecule has 156 valence electrons. The maximum Gasteiger partial charge on any atom is 0.258 e. The SMILES string of the molecule is CCC1CCN(C(=O)c2ccc(-c3ccc4[nH]ccc4c3)c(N)c2)c2ccccc2N1. The lowest BCUT2D eigenvalue weighted by Gasteiger charge is -2.23. The van der Waals surface area contributed by atoms with Crippen LogP contribution >= 0.6 is 0 Å². The molecule has 1 unspecified atom stereocenters. The predicted octanol–water partition coefficient (Wildman–Crippen LogP) is 5.66. The Labute approximate surface area is 181 Å². The van der Waals surface area contributed by atoms with Crippen LogP contribution in [-0.4, -0.2) is 23.5 Å². The summed E-state index contributed by atoms with van der Waals surface area (Å²) >= 11 is 0. The standard InChI is InChI=1S/C26H26N4O/c1-2-20-12-14-30(25-6-4-3-5-24(25)29-20)26(31)19-7-9-21(22(27)16-19)17-8-10-23-18(15-17)11-13-28-23/h3-11,13,15-16,20,28-29H,2,12,14,27H2,1H3. The smallest absolute Gasteiger partial charge is 0.258 e. The summed E-state index contributed by atoms with van der Waals surface area (Å²) in [7, 11) is 0. The summed E-state index contributed by atoms with van der Waals surface area (Å²) < 4.78 is 0. The normalized spacial score (nSPS) is 15.9. The number of fused-ring (bicyclic) bond motifs is 2. The number of hydrogen-bond donors (Lipinski definition) is 3. The van der Waals surface area contributed by atoms with Crippen LogP contribution in [0.3, 0.4) is 0 Å². The summed E-state index contributed by atoms with van der Waals surface area (Å²) in [5.74, 6) is -0.0228. The highest BCUT2D eigenvalue weighted by Crippen LogP contribution is 2.33. The summed E-state index contributed by atoms with van der Waals surface area (Å²) in [5, 5.41) is 4.71. The average molecular weight is 411 g/mol. The average Bonchev–Trinajstić information content (AvgIpc) is 3.18. The van der Waals surface area contributed by atoms with Gasteiger partial charge in [0, 0.05) is 41.1 Å². The number of anilines is 3. The zero-order valence-corrected chi connectivity index (χ0v) is 17.6. The van der Waals surface area contributed by atoms with Crippen molar-refractivity contribution in [3.63, 3.8) is 0 Å². The van der Waals surface area contributed by atoms with Crippen LogP contribution in [0.25, 0.3) is 22.0 Å². The van der Waals surface area contributed by atoms with E-state index in [2.05, 4.69) is 29.4 Å². The van der Waals surface area contributed by atoms with Gasteiger partial charge in [-0.05, 0) is 66.3 Å². The molecule has 0 spiro atoms. The number of H-pyrrole nitrogens is 1. The van der Waals surface area contributed by atoms with Crippen molar-refractivity contribution in [2.45, 2.75) is 25.8 Å². The van der Waals surface area contributed by atoms with Gasteiger partial charge >= 0.3 is 0 Å². The minimum Gasteiger partial charge on any atom is -0.398 e. The highest BCUT2D eigenvalue weighted by atomic mass is 16.2. The van der Waals surface area contributed by atoms with Gasteiger partial charge in [-0.1, -0.05) is 31.2 Å². The predicted molar refractivity (Wildman–Crippen MR) is 129 cm³/mol. The number of amides is 1. The van der Waals surface area contributed by atoms with Crippen LogP contribution in [0.5, 0.6) is 0 Å². The Morgan fingerprint density at radius 2 is 1.97 bits per heavy atom. The second-order valence-corrected chi connectivity index (χ2v) is 8.09. The molecule has 1 aliphatic rings. The van der Waals surface area contributed by atoms with Crippen molar-refractivity contribution in [2.75, 3.05) is 22.5 Å². The third-order valence-electron chi connectivity index (χ3n) is 6.16. The van der Waals surface area contributed by atoms with Gasteiger partial charge in [0.2, 0.25) is 0 Å². The highest BCUT2D eigenvalue weighted by Gasteiger charge is 2.25. The molecule has 31 heavy (non-hydrogen) atoms. The molecule has 5 nitrogen and oxygen atoms in total. The van der Waals surface area contributed by atoms with E-state index >= 15 is 0 Å². The highest BCUT2D eigenvalue weighted by molar-refractivity contribution is 6.09. The van der Waals surface area contributed by atoms with E-state index < -0.39 is 0 Å². The molecule has 0 radical (unpaired) electrons. The lowest BCUT2D eigenvalue weighted by atomic mass is 10.00. The molecule has 4 N–H and O–H groups in total. The summed E-state index contributed by atoms with van der Waals surface area (Å²) in [4.78, 5) is 18.6. The van der Waals surface area contributed by atoms with Gasteiger partial charge in [-0.25, -0.2) is 0 Å². The summed E-state index contributed by atoms with van der Waals surface area (Å²) in [6, 6.07) is 22.3. The van der Waals surface area contributed by atoms with E-state index in [4.69, 9.17) is 5.73 Å². The van der Waals surface area contributed by atoms with E-state index in [0.29, 0.717) is 23.8 Å². The van der Waals surface area contributed by atoms with E-state index in [1.54, 1.807) is 6.07 Å². The molecule has 0 saturated carbocycles. The molecule has 0 fully saturated rings. The van der Waals surface area contributed by atoms with Crippen LogP contribution in [-0.2, 0) is 0 Å². The number of carbonyl (C=O) groups is 1. The fraction of sp³-hybridized carbons (Fsp3) is 0.192. The van der Waals surface area contributed by atoms with Crippen molar-refractivity contribution in [3.8, 4) is 11.1 Å². The molecular formula is C26H26N4O. The van der Waals surface area contributed by atoms with Crippen molar-refractivity contribution in [1.29, 1.82) is 0 Å². The van der Waals surface area contributed by atoms with Crippen molar-refractivity contribution in [2.24, 2.45) is 0 Å². The first-order valence-corrected chi connectivity index (χ1v) is 10.8. The number of nitrogens with one attached hydrogen (secondary N) is 2. The molecular weight excluding hydrogens is 384 g/mol. The van der Waals surface area contributed by atoms with Crippen LogP contribution in [0, 0.1) is 0 Å². The number of benzene rings is 3. The van der Waals surface area contributed by atoms with Crippen molar-refractivity contribution < 1.29 is 4.79 Å². The Bertz CT molecular complexity index is 1260. The molecule has 3 aromatic carbocycles. The van der Waals surface area contributed by atoms with E-state index in [1.165, 1.54) is 0 Å². The number of rotatable bonds is 3. The van der Waals surface area contributed by atoms with Gasteiger partial charge in [0.25, 0.3) is 5.91 Å². The Hall–Kier alpha value is -3.73. The minimum atomic E-state index is -0.0228. The molecule has 1 aliphatic heterocycles. The van der Waals surface area contributed by atoms with E-state index in [1.807, 2.05) is 59.6 Å². The monoisotopic (exact) mass is 410 g/mol. The number of aromatic amines is 1. The van der Waals surface area contributed by atoms with E-state index in [0.717, 1.165) is 46.2 Å². The van der Waals surface area contributed by atoms with Gasteiger partial charge in [0.1, 0.15) is 0 Å². The van der Waals surface area contributed by atoms with Gasteiger partial charge in [-0.15, -0.1) is 0 Å². The third kappa shape index (κ3) is 3.52. The molecule has 5 rings (SSSR count). The van der Waals surface area contributed by atoms with E-state index in [-0.39, 0.29) is 5.91 Å². The van der Waals surface area contributed by atoms with Crippen molar-refractivity contribution >= 4 is 33.9 Å². The van der Waals surface area contributed by atoms with Gasteiger partial charge in [-0.2, -0.15) is 0 Å². The van der Waals surface area contributed by atoms with Crippen LogP contribution in [0.15, 0.2) is 72.9 Å². The molecule has 4 aromatic rings. The van der Waals surface area contributed by atoms with Gasteiger partial charge in [0.15, 0.2) is 0 Å². The van der Waals surface area contributed by atoms with Gasteiger partial charge in [0.05, 0.1) is 11.4 Å². The van der Waals surface area contributed by atoms with Crippen LogP contribution in [0.2, 0.25) is 0 Å². The molecule has 1 amide bonds. The second kappa shape index (κ2) is 7.84. The second-order valence-electron chi connectivity index (χ2n) is 8.09. The fourth-order valence-corrected chi connectivity index (χ4v) is 4.38. The number of nitrogens with two attached hydrogens (primary N) is 1. The Morgan fingerprint density at radius 1 is 1.10 bits per heavy atom. The number of nitrogens with zero attached hydrogens (tertiary/aromatic N) is 1. The Kier molecular flexibility index (Phi) is 4.86. The Balaban J connectivity index is 1.48. The number of carbonyl (C=O) groups excluding carboxylic acids is 1. The fourth-order valence-electron chi connectivity index (χ4n) is 4.38. The maximum absolute atomic E-state index is 13.5. The Morgan fingerprint density at radius 3 is 2.81 bits per heavy atom. The number of aromatic nitrogens is 1. The first kappa shape index (κ1) is 19.2. The molecule has 0 saturated heterocycles. The number of para-hydroxylation sites is 2. The first-order chi connectivity index (χ1) is 15.1. The van der Waals surface area contributed by atoms with Crippen LogP contribution < -0.4 is 16.0 Å². The summed E-state index contributed by atoms with van der Waals surface area (Å²) in [6.45, 7) is 2.84. The third-order valence-corrected chi connectivity index (χ3v) is 6.16.